The van der Waals surface area contributed by atoms with Crippen molar-refractivity contribution in [1.29, 1.82) is 0 Å². The van der Waals surface area contributed by atoms with Crippen LogP contribution in [0.15, 0.2) is 28.8 Å². The van der Waals surface area contributed by atoms with Crippen molar-refractivity contribution in [3.8, 4) is 17.1 Å². The van der Waals surface area contributed by atoms with Crippen LogP contribution in [0.25, 0.3) is 11.4 Å². The zero-order chi connectivity index (χ0) is 16.1. The van der Waals surface area contributed by atoms with Crippen LogP contribution < -0.4 is 4.74 Å². The monoisotopic (exact) mass is 317 g/mol. The summed E-state index contributed by atoms with van der Waals surface area (Å²) in [5.74, 6) is 1.79. The minimum absolute atomic E-state index is 0.0921. The van der Waals surface area contributed by atoms with Gasteiger partial charge < -0.3 is 18.9 Å². The van der Waals surface area contributed by atoms with Gasteiger partial charge in [0.2, 0.25) is 17.6 Å². The molecule has 3 rings (SSSR count). The van der Waals surface area contributed by atoms with Gasteiger partial charge in [-0.1, -0.05) is 17.3 Å². The van der Waals surface area contributed by atoms with Gasteiger partial charge >= 0.3 is 0 Å². The highest BCUT2D eigenvalue weighted by atomic mass is 16.5. The van der Waals surface area contributed by atoms with Crippen molar-refractivity contribution in [2.75, 3.05) is 33.4 Å². The number of ether oxygens (including phenoxy) is 2. The lowest BCUT2D eigenvalue weighted by atomic mass is 10.2. The van der Waals surface area contributed by atoms with Crippen molar-refractivity contribution in [3.63, 3.8) is 0 Å². The van der Waals surface area contributed by atoms with Gasteiger partial charge in [-0.25, -0.2) is 0 Å². The zero-order valence-electron chi connectivity index (χ0n) is 13.0. The number of methoxy groups -OCH3 is 1. The largest absolute Gasteiger partial charge is 0.497 e. The Morgan fingerprint density at radius 1 is 1.35 bits per heavy atom. The van der Waals surface area contributed by atoms with Crippen molar-refractivity contribution >= 4 is 5.91 Å². The average Bonchev–Trinajstić information content (AvgIpc) is 3.09. The van der Waals surface area contributed by atoms with Gasteiger partial charge in [0, 0.05) is 31.5 Å². The minimum atomic E-state index is 0.0921. The van der Waals surface area contributed by atoms with Crippen molar-refractivity contribution < 1.29 is 18.8 Å². The normalized spacial score (nSPS) is 14.7. The second-order valence-electron chi connectivity index (χ2n) is 5.24. The Balaban J connectivity index is 1.59. The summed E-state index contributed by atoms with van der Waals surface area (Å²) in [5, 5.41) is 3.97. The summed E-state index contributed by atoms with van der Waals surface area (Å²) in [7, 11) is 1.61. The van der Waals surface area contributed by atoms with E-state index in [4.69, 9.17) is 14.0 Å². The Bertz CT molecular complexity index is 665. The van der Waals surface area contributed by atoms with E-state index < -0.39 is 0 Å². The highest BCUT2D eigenvalue weighted by Crippen LogP contribution is 2.21. The smallest absolute Gasteiger partial charge is 0.227 e. The number of aryl methyl sites for hydroxylation is 1. The molecular formula is C16H19N3O4. The molecule has 0 saturated carbocycles. The van der Waals surface area contributed by atoms with Crippen LogP contribution >= 0.6 is 0 Å². The van der Waals surface area contributed by atoms with Gasteiger partial charge in [-0.05, 0) is 12.1 Å². The van der Waals surface area contributed by atoms with E-state index in [0.717, 1.165) is 11.3 Å². The molecule has 2 aromatic rings. The van der Waals surface area contributed by atoms with E-state index >= 15 is 0 Å². The number of amides is 1. The highest BCUT2D eigenvalue weighted by molar-refractivity contribution is 5.76. The van der Waals surface area contributed by atoms with E-state index in [0.29, 0.717) is 50.9 Å². The van der Waals surface area contributed by atoms with Crippen LogP contribution in [-0.2, 0) is 16.0 Å². The van der Waals surface area contributed by atoms with E-state index in [1.807, 2.05) is 29.2 Å². The molecule has 7 heteroatoms. The summed E-state index contributed by atoms with van der Waals surface area (Å²) < 4.78 is 15.7. The van der Waals surface area contributed by atoms with Crippen LogP contribution in [0, 0.1) is 0 Å². The molecule has 23 heavy (non-hydrogen) atoms. The van der Waals surface area contributed by atoms with Crippen molar-refractivity contribution in [2.45, 2.75) is 12.8 Å². The first-order chi connectivity index (χ1) is 11.3. The number of nitrogens with zero attached hydrogens (tertiary/aromatic N) is 3. The lowest BCUT2D eigenvalue weighted by Gasteiger charge is -2.26. The molecule has 0 N–H and O–H groups in total. The number of hydrogen-bond donors (Lipinski definition) is 0. The molecule has 0 aliphatic carbocycles. The second kappa shape index (κ2) is 7.23. The summed E-state index contributed by atoms with van der Waals surface area (Å²) in [6, 6.07) is 7.45. The molecule has 1 aliphatic rings. The Kier molecular flexibility index (Phi) is 4.87. The van der Waals surface area contributed by atoms with E-state index in [-0.39, 0.29) is 5.91 Å². The van der Waals surface area contributed by atoms with Crippen LogP contribution in [0.4, 0.5) is 0 Å². The summed E-state index contributed by atoms with van der Waals surface area (Å²) >= 11 is 0. The molecule has 0 radical (unpaired) electrons. The second-order valence-corrected chi connectivity index (χ2v) is 5.24. The third-order valence-corrected chi connectivity index (χ3v) is 3.71. The quantitative estimate of drug-likeness (QED) is 0.832. The molecule has 0 unspecified atom stereocenters. The van der Waals surface area contributed by atoms with Crippen LogP contribution in [0.5, 0.6) is 5.75 Å². The molecule has 1 aromatic heterocycles. The summed E-state index contributed by atoms with van der Waals surface area (Å²) in [4.78, 5) is 18.2. The number of morpholine rings is 1. The first kappa shape index (κ1) is 15.5. The summed E-state index contributed by atoms with van der Waals surface area (Å²) in [6.45, 7) is 2.51. The van der Waals surface area contributed by atoms with Crippen molar-refractivity contribution in [1.82, 2.24) is 15.0 Å². The predicted molar refractivity (Wildman–Crippen MR) is 82.0 cm³/mol. The molecule has 1 aliphatic heterocycles. The van der Waals surface area contributed by atoms with Gasteiger partial charge in [0.05, 0.1) is 20.3 Å². The molecule has 7 nitrogen and oxygen atoms in total. The third kappa shape index (κ3) is 3.87. The summed E-state index contributed by atoms with van der Waals surface area (Å²) in [6.07, 6.45) is 0.799. The van der Waals surface area contributed by atoms with Crippen molar-refractivity contribution in [3.05, 3.63) is 30.2 Å². The van der Waals surface area contributed by atoms with Crippen molar-refractivity contribution in [2.24, 2.45) is 0 Å². The van der Waals surface area contributed by atoms with Gasteiger partial charge in [0.1, 0.15) is 5.75 Å². The molecule has 0 bridgehead atoms. The molecule has 122 valence electrons. The number of rotatable bonds is 5. The Morgan fingerprint density at radius 2 is 2.17 bits per heavy atom. The van der Waals surface area contributed by atoms with Gasteiger partial charge in [-0.3, -0.25) is 4.79 Å². The molecule has 1 aromatic carbocycles. The fraction of sp³-hybridized carbons (Fsp3) is 0.438. The topological polar surface area (TPSA) is 77.7 Å². The first-order valence-electron chi connectivity index (χ1n) is 7.59. The molecule has 2 heterocycles. The maximum atomic E-state index is 12.1. The molecule has 1 saturated heterocycles. The van der Waals surface area contributed by atoms with E-state index in [1.54, 1.807) is 7.11 Å². The Hall–Kier alpha value is -2.41. The maximum Gasteiger partial charge on any atom is 0.227 e. The minimum Gasteiger partial charge on any atom is -0.497 e. The lowest BCUT2D eigenvalue weighted by Crippen LogP contribution is -2.40. The Labute approximate surface area is 134 Å². The fourth-order valence-electron chi connectivity index (χ4n) is 2.42. The SMILES string of the molecule is COc1cccc(-c2noc(CCC(=O)N3CCOCC3)n2)c1. The first-order valence-corrected chi connectivity index (χ1v) is 7.59. The maximum absolute atomic E-state index is 12.1. The molecular weight excluding hydrogens is 298 g/mol. The van der Waals surface area contributed by atoms with Gasteiger partial charge in [0.15, 0.2) is 0 Å². The lowest BCUT2D eigenvalue weighted by molar-refractivity contribution is -0.135. The van der Waals surface area contributed by atoms with E-state index in [2.05, 4.69) is 10.1 Å². The molecule has 1 fully saturated rings. The average molecular weight is 317 g/mol. The highest BCUT2D eigenvalue weighted by Gasteiger charge is 2.18. The third-order valence-electron chi connectivity index (χ3n) is 3.71. The van der Waals surface area contributed by atoms with Gasteiger partial charge in [0.25, 0.3) is 0 Å². The van der Waals surface area contributed by atoms with Gasteiger partial charge in [-0.2, -0.15) is 4.98 Å². The predicted octanol–water partition coefficient (Wildman–Crippen LogP) is 1.54. The van der Waals surface area contributed by atoms with Crippen LogP contribution in [0.3, 0.4) is 0 Å². The van der Waals surface area contributed by atoms with E-state index in [1.165, 1.54) is 0 Å². The van der Waals surface area contributed by atoms with Crippen LogP contribution in [0.2, 0.25) is 0 Å². The van der Waals surface area contributed by atoms with Gasteiger partial charge in [-0.15, -0.1) is 0 Å². The number of benzene rings is 1. The number of carbonyl (C=O) groups excluding carboxylic acids is 1. The number of hydrogen-bond acceptors (Lipinski definition) is 6. The standard InChI is InChI=1S/C16H19N3O4/c1-21-13-4-2-3-12(11-13)16-17-14(23-18-16)5-6-15(20)19-7-9-22-10-8-19/h2-4,11H,5-10H2,1H3. The summed E-state index contributed by atoms with van der Waals surface area (Å²) in [5.41, 5.74) is 0.818. The zero-order valence-corrected chi connectivity index (χ0v) is 13.0. The Morgan fingerprint density at radius 3 is 2.96 bits per heavy atom. The van der Waals surface area contributed by atoms with E-state index in [9.17, 15) is 4.79 Å². The number of carbonyl (C=O) groups is 1. The number of aromatic nitrogens is 2. The van der Waals surface area contributed by atoms with Crippen LogP contribution in [-0.4, -0.2) is 54.4 Å². The van der Waals surface area contributed by atoms with Crippen LogP contribution in [0.1, 0.15) is 12.3 Å². The molecule has 1 amide bonds. The molecule has 0 atom stereocenters. The molecule has 0 spiro atoms. The fourth-order valence-corrected chi connectivity index (χ4v) is 2.42.